The van der Waals surface area contributed by atoms with Crippen molar-refractivity contribution in [2.75, 3.05) is 25.4 Å². The lowest BCUT2D eigenvalue weighted by atomic mass is 9.92. The molecule has 1 heterocycles. The Labute approximate surface area is 114 Å². The first-order valence-electron chi connectivity index (χ1n) is 6.80. The molecular weight excluding hydrogens is 240 g/mol. The van der Waals surface area contributed by atoms with Crippen molar-refractivity contribution in [2.45, 2.75) is 20.3 Å². The summed E-state index contributed by atoms with van der Waals surface area (Å²) >= 11 is 0. The number of nitrogen functional groups attached to an aromatic ring is 1. The first-order valence-corrected chi connectivity index (χ1v) is 6.80. The molecule has 2 rings (SSSR count). The van der Waals surface area contributed by atoms with Gasteiger partial charge in [0.05, 0.1) is 0 Å². The highest BCUT2D eigenvalue weighted by Gasteiger charge is 2.25. The SMILES string of the molecule is CC1CC(C)CN(C(=O)COc2ccc(N)cc2)C1. The molecule has 4 nitrogen and oxygen atoms in total. The van der Waals surface area contributed by atoms with Gasteiger partial charge in [-0.2, -0.15) is 0 Å². The van der Waals surface area contributed by atoms with Crippen LogP contribution in [-0.2, 0) is 4.79 Å². The highest BCUT2D eigenvalue weighted by atomic mass is 16.5. The maximum Gasteiger partial charge on any atom is 0.260 e. The maximum absolute atomic E-state index is 12.1. The number of benzene rings is 1. The van der Waals surface area contributed by atoms with Gasteiger partial charge >= 0.3 is 0 Å². The Balaban J connectivity index is 1.85. The van der Waals surface area contributed by atoms with Crippen LogP contribution in [0.3, 0.4) is 0 Å². The number of hydrogen-bond donors (Lipinski definition) is 1. The fraction of sp³-hybridized carbons (Fsp3) is 0.533. The highest BCUT2D eigenvalue weighted by Crippen LogP contribution is 2.21. The van der Waals surface area contributed by atoms with Crippen LogP contribution in [0.2, 0.25) is 0 Å². The normalized spacial score (nSPS) is 23.2. The molecule has 2 atom stereocenters. The van der Waals surface area contributed by atoms with Crippen LogP contribution in [0, 0.1) is 11.8 Å². The van der Waals surface area contributed by atoms with Crippen molar-refractivity contribution >= 4 is 11.6 Å². The molecule has 0 spiro atoms. The molecule has 1 amide bonds. The number of nitrogens with zero attached hydrogens (tertiary/aromatic N) is 1. The van der Waals surface area contributed by atoms with E-state index in [0.29, 0.717) is 23.3 Å². The number of hydrogen-bond acceptors (Lipinski definition) is 3. The molecule has 2 unspecified atom stereocenters. The summed E-state index contributed by atoms with van der Waals surface area (Å²) in [5.41, 5.74) is 6.29. The molecule has 1 aromatic carbocycles. The second kappa shape index (κ2) is 5.95. The number of rotatable bonds is 3. The summed E-state index contributed by atoms with van der Waals surface area (Å²) in [4.78, 5) is 14.0. The molecule has 2 N–H and O–H groups in total. The Morgan fingerprint density at radius 1 is 1.26 bits per heavy atom. The van der Waals surface area contributed by atoms with Gasteiger partial charge in [-0.25, -0.2) is 0 Å². The summed E-state index contributed by atoms with van der Waals surface area (Å²) in [5, 5.41) is 0. The zero-order chi connectivity index (χ0) is 13.8. The van der Waals surface area contributed by atoms with E-state index < -0.39 is 0 Å². The zero-order valence-electron chi connectivity index (χ0n) is 11.6. The molecule has 0 radical (unpaired) electrons. The maximum atomic E-state index is 12.1. The Kier molecular flexibility index (Phi) is 4.30. The van der Waals surface area contributed by atoms with E-state index in [1.807, 2.05) is 4.90 Å². The first-order chi connectivity index (χ1) is 9.04. The van der Waals surface area contributed by atoms with E-state index in [1.54, 1.807) is 24.3 Å². The molecule has 1 saturated heterocycles. The van der Waals surface area contributed by atoms with E-state index in [9.17, 15) is 4.79 Å². The smallest absolute Gasteiger partial charge is 0.260 e. The second-order valence-corrected chi connectivity index (χ2v) is 5.60. The van der Waals surface area contributed by atoms with E-state index >= 15 is 0 Å². The summed E-state index contributed by atoms with van der Waals surface area (Å²) < 4.78 is 5.50. The molecular formula is C15H22N2O2. The van der Waals surface area contributed by atoms with Crippen molar-refractivity contribution in [3.8, 4) is 5.75 Å². The molecule has 0 bridgehead atoms. The van der Waals surface area contributed by atoms with Crippen LogP contribution in [0.1, 0.15) is 20.3 Å². The van der Waals surface area contributed by atoms with Crippen LogP contribution in [0.25, 0.3) is 0 Å². The van der Waals surface area contributed by atoms with Gasteiger partial charge < -0.3 is 15.4 Å². The van der Waals surface area contributed by atoms with E-state index in [0.717, 1.165) is 13.1 Å². The minimum absolute atomic E-state index is 0.0650. The van der Waals surface area contributed by atoms with Crippen molar-refractivity contribution in [1.82, 2.24) is 4.90 Å². The number of likely N-dealkylation sites (tertiary alicyclic amines) is 1. The highest BCUT2D eigenvalue weighted by molar-refractivity contribution is 5.77. The third-order valence-electron chi connectivity index (χ3n) is 3.46. The molecule has 0 aromatic heterocycles. The monoisotopic (exact) mass is 262 g/mol. The van der Waals surface area contributed by atoms with Gasteiger partial charge in [-0.05, 0) is 42.5 Å². The quantitative estimate of drug-likeness (QED) is 0.849. The molecule has 1 aliphatic rings. The van der Waals surface area contributed by atoms with Gasteiger partial charge in [-0.3, -0.25) is 4.79 Å². The van der Waals surface area contributed by atoms with Crippen LogP contribution >= 0.6 is 0 Å². The summed E-state index contributed by atoms with van der Waals surface area (Å²) in [7, 11) is 0. The summed E-state index contributed by atoms with van der Waals surface area (Å²) in [5.74, 6) is 1.89. The molecule has 1 fully saturated rings. The number of piperidine rings is 1. The van der Waals surface area contributed by atoms with Gasteiger partial charge in [0.25, 0.3) is 5.91 Å². The Morgan fingerprint density at radius 3 is 2.42 bits per heavy atom. The van der Waals surface area contributed by atoms with Crippen LogP contribution in [0.5, 0.6) is 5.75 Å². The van der Waals surface area contributed by atoms with E-state index in [2.05, 4.69) is 13.8 Å². The van der Waals surface area contributed by atoms with Gasteiger partial charge in [-0.15, -0.1) is 0 Å². The molecule has 104 valence electrons. The van der Waals surface area contributed by atoms with Crippen molar-refractivity contribution in [2.24, 2.45) is 11.8 Å². The number of carbonyl (C=O) groups excluding carboxylic acids is 1. The number of amides is 1. The molecule has 1 aliphatic heterocycles. The Morgan fingerprint density at radius 2 is 1.84 bits per heavy atom. The predicted molar refractivity (Wildman–Crippen MR) is 75.9 cm³/mol. The van der Waals surface area contributed by atoms with E-state index in [1.165, 1.54) is 6.42 Å². The van der Waals surface area contributed by atoms with Gasteiger partial charge in [-0.1, -0.05) is 13.8 Å². The second-order valence-electron chi connectivity index (χ2n) is 5.60. The van der Waals surface area contributed by atoms with Crippen LogP contribution in [0.15, 0.2) is 24.3 Å². The van der Waals surface area contributed by atoms with Crippen LogP contribution in [-0.4, -0.2) is 30.5 Å². The molecule has 1 aromatic rings. The summed E-state index contributed by atoms with van der Waals surface area (Å²) in [6.45, 7) is 6.17. The minimum atomic E-state index is 0.0650. The van der Waals surface area contributed by atoms with E-state index in [4.69, 9.17) is 10.5 Å². The number of carbonyl (C=O) groups is 1. The predicted octanol–water partition coefficient (Wildman–Crippen LogP) is 2.15. The lowest BCUT2D eigenvalue weighted by Crippen LogP contribution is -2.44. The molecule has 0 aliphatic carbocycles. The lowest BCUT2D eigenvalue weighted by molar-refractivity contribution is -0.136. The van der Waals surface area contributed by atoms with E-state index in [-0.39, 0.29) is 12.5 Å². The van der Waals surface area contributed by atoms with Gasteiger partial charge in [0.1, 0.15) is 5.75 Å². The van der Waals surface area contributed by atoms with Crippen LogP contribution < -0.4 is 10.5 Å². The fourth-order valence-corrected chi connectivity index (χ4v) is 2.67. The van der Waals surface area contributed by atoms with Crippen molar-refractivity contribution in [1.29, 1.82) is 0 Å². The number of nitrogens with two attached hydrogens (primary N) is 1. The standard InChI is InChI=1S/C15H22N2O2/c1-11-7-12(2)9-17(8-11)15(18)10-19-14-5-3-13(16)4-6-14/h3-6,11-12H,7-10,16H2,1-2H3. The van der Waals surface area contributed by atoms with Gasteiger partial charge in [0.15, 0.2) is 6.61 Å². The van der Waals surface area contributed by atoms with Crippen LogP contribution in [0.4, 0.5) is 5.69 Å². The fourth-order valence-electron chi connectivity index (χ4n) is 2.67. The molecule has 4 heteroatoms. The Hall–Kier alpha value is -1.71. The van der Waals surface area contributed by atoms with Gasteiger partial charge in [0, 0.05) is 18.8 Å². The first kappa shape index (κ1) is 13.7. The summed E-state index contributed by atoms with van der Waals surface area (Å²) in [6, 6.07) is 7.10. The molecule has 0 saturated carbocycles. The Bertz CT molecular complexity index is 420. The number of ether oxygens (including phenoxy) is 1. The third-order valence-corrected chi connectivity index (χ3v) is 3.46. The largest absolute Gasteiger partial charge is 0.484 e. The topological polar surface area (TPSA) is 55.6 Å². The van der Waals surface area contributed by atoms with Crippen molar-refractivity contribution in [3.63, 3.8) is 0 Å². The van der Waals surface area contributed by atoms with Gasteiger partial charge in [0.2, 0.25) is 0 Å². The van der Waals surface area contributed by atoms with Crippen molar-refractivity contribution in [3.05, 3.63) is 24.3 Å². The molecule has 19 heavy (non-hydrogen) atoms. The minimum Gasteiger partial charge on any atom is -0.484 e. The van der Waals surface area contributed by atoms with Crippen molar-refractivity contribution < 1.29 is 9.53 Å². The number of anilines is 1. The third kappa shape index (κ3) is 3.88. The summed E-state index contributed by atoms with van der Waals surface area (Å²) in [6.07, 6.45) is 1.20. The zero-order valence-corrected chi connectivity index (χ0v) is 11.6. The lowest BCUT2D eigenvalue weighted by Gasteiger charge is -2.34. The average molecular weight is 262 g/mol. The average Bonchev–Trinajstić information content (AvgIpc) is 2.36.